The predicted molar refractivity (Wildman–Crippen MR) is 89.6 cm³/mol. The summed E-state index contributed by atoms with van der Waals surface area (Å²) in [4.78, 5) is 12.0. The molecular weight excluding hydrogens is 316 g/mol. The topological polar surface area (TPSA) is 100 Å². The zero-order chi connectivity index (χ0) is 16.6. The van der Waals surface area contributed by atoms with Gasteiger partial charge in [0.15, 0.2) is 0 Å². The van der Waals surface area contributed by atoms with Crippen molar-refractivity contribution in [3.8, 4) is 0 Å². The Balaban J connectivity index is 1.62. The number of hydrogen-bond donors (Lipinski definition) is 4. The van der Waals surface area contributed by atoms with Crippen LogP contribution in [0.5, 0.6) is 0 Å². The number of carbonyl (C=O) groups is 1. The minimum absolute atomic E-state index is 0.00779. The third kappa shape index (κ3) is 2.97. The van der Waals surface area contributed by atoms with Crippen LogP contribution in [0.15, 0.2) is 35.0 Å². The second kappa shape index (κ2) is 6.31. The molecule has 23 heavy (non-hydrogen) atoms. The molecule has 1 amide bonds. The maximum atomic E-state index is 12.0. The summed E-state index contributed by atoms with van der Waals surface area (Å²) >= 11 is 5.92. The van der Waals surface area contributed by atoms with E-state index in [2.05, 4.69) is 10.6 Å². The predicted octanol–water partition coefficient (Wildman–Crippen LogP) is 1.88. The lowest BCUT2D eigenvalue weighted by atomic mass is 9.86. The fourth-order valence-corrected chi connectivity index (χ4v) is 2.84. The number of anilines is 1. The Morgan fingerprint density at radius 3 is 2.65 bits per heavy atom. The molecule has 2 aliphatic rings. The highest BCUT2D eigenvalue weighted by Gasteiger charge is 2.49. The molecule has 0 bridgehead atoms. The molecular formula is C16H19ClN4O2. The third-order valence-corrected chi connectivity index (χ3v) is 4.64. The number of allylic oxidation sites excluding steroid dienone is 1. The number of fused-ring (bicyclic) bond motifs is 1. The van der Waals surface area contributed by atoms with Crippen molar-refractivity contribution in [1.29, 1.82) is 5.41 Å². The molecule has 0 aromatic heterocycles. The SMILES string of the molecule is CCC(N)=C(Cl)C(=N)C(=O)Nc1ccc([C@@H]2OC3CN[C@H]32)cc1. The Kier molecular flexibility index (Phi) is 4.39. The standard InChI is InChI=1S/C16H19ClN4O2/c1-2-10(18)12(17)13(19)16(22)21-9-5-3-8(4-6-9)15-14-11(23-15)7-20-14/h3-6,11,14-15,19-20H,2,7,18H2,1H3,(H,21,22)/t11?,14-,15+/m1/s1. The van der Waals surface area contributed by atoms with Crippen LogP contribution < -0.4 is 16.4 Å². The van der Waals surface area contributed by atoms with Gasteiger partial charge in [0.25, 0.3) is 5.91 Å². The zero-order valence-electron chi connectivity index (χ0n) is 12.7. The minimum Gasteiger partial charge on any atom is -0.401 e. The molecule has 3 rings (SSSR count). The lowest BCUT2D eigenvalue weighted by molar-refractivity contribution is -0.203. The van der Waals surface area contributed by atoms with Crippen LogP contribution in [0.1, 0.15) is 25.0 Å². The van der Waals surface area contributed by atoms with Crippen LogP contribution in [0.4, 0.5) is 5.69 Å². The molecule has 2 aliphatic heterocycles. The van der Waals surface area contributed by atoms with Crippen molar-refractivity contribution in [2.75, 3.05) is 11.9 Å². The maximum absolute atomic E-state index is 12.0. The van der Waals surface area contributed by atoms with E-state index in [1.165, 1.54) is 0 Å². The van der Waals surface area contributed by atoms with Crippen LogP contribution >= 0.6 is 11.6 Å². The van der Waals surface area contributed by atoms with Crippen molar-refractivity contribution < 1.29 is 9.53 Å². The number of ether oxygens (including phenoxy) is 1. The van der Waals surface area contributed by atoms with Gasteiger partial charge in [-0.05, 0) is 24.1 Å². The number of nitrogens with one attached hydrogen (secondary N) is 3. The highest BCUT2D eigenvalue weighted by molar-refractivity contribution is 6.60. The third-order valence-electron chi connectivity index (χ3n) is 4.21. The molecule has 2 heterocycles. The van der Waals surface area contributed by atoms with E-state index < -0.39 is 5.91 Å². The van der Waals surface area contributed by atoms with E-state index in [-0.39, 0.29) is 16.8 Å². The van der Waals surface area contributed by atoms with Crippen LogP contribution in [0.25, 0.3) is 0 Å². The Bertz CT molecular complexity index is 671. The van der Waals surface area contributed by atoms with E-state index in [4.69, 9.17) is 27.5 Å². The first-order chi connectivity index (χ1) is 11.0. The number of halogens is 1. The largest absolute Gasteiger partial charge is 0.401 e. The van der Waals surface area contributed by atoms with Crippen LogP contribution in [-0.2, 0) is 9.53 Å². The second-order valence-corrected chi connectivity index (χ2v) is 6.05. The van der Waals surface area contributed by atoms with Crippen LogP contribution in [0, 0.1) is 5.41 Å². The molecule has 5 N–H and O–H groups in total. The van der Waals surface area contributed by atoms with Crippen molar-refractivity contribution in [3.05, 3.63) is 40.6 Å². The van der Waals surface area contributed by atoms with Crippen LogP contribution in [-0.4, -0.2) is 30.3 Å². The molecule has 3 atom stereocenters. The summed E-state index contributed by atoms with van der Waals surface area (Å²) in [6.07, 6.45) is 0.914. The maximum Gasteiger partial charge on any atom is 0.275 e. The van der Waals surface area contributed by atoms with Gasteiger partial charge in [0.2, 0.25) is 0 Å². The van der Waals surface area contributed by atoms with Gasteiger partial charge in [0, 0.05) is 17.9 Å². The van der Waals surface area contributed by atoms with Gasteiger partial charge in [0.05, 0.1) is 17.2 Å². The van der Waals surface area contributed by atoms with Crippen molar-refractivity contribution in [1.82, 2.24) is 5.32 Å². The summed E-state index contributed by atoms with van der Waals surface area (Å²) in [5.74, 6) is -0.584. The molecule has 0 saturated carbocycles. The first kappa shape index (κ1) is 16.0. The number of rotatable bonds is 5. The molecule has 1 unspecified atom stereocenters. The molecule has 0 radical (unpaired) electrons. The van der Waals surface area contributed by atoms with Gasteiger partial charge >= 0.3 is 0 Å². The summed E-state index contributed by atoms with van der Waals surface area (Å²) in [7, 11) is 0. The van der Waals surface area contributed by atoms with E-state index in [1.807, 2.05) is 19.1 Å². The normalized spacial score (nSPS) is 26.3. The van der Waals surface area contributed by atoms with Gasteiger partial charge in [-0.15, -0.1) is 0 Å². The molecule has 7 heteroatoms. The summed E-state index contributed by atoms with van der Waals surface area (Å²) in [5.41, 5.74) is 7.32. The number of nitrogens with two attached hydrogens (primary N) is 1. The number of carbonyl (C=O) groups excluding carboxylic acids is 1. The zero-order valence-corrected chi connectivity index (χ0v) is 13.5. The average molecular weight is 335 g/mol. The second-order valence-electron chi connectivity index (χ2n) is 5.67. The average Bonchev–Trinajstić information content (AvgIpc) is 2.55. The van der Waals surface area contributed by atoms with E-state index in [1.54, 1.807) is 12.1 Å². The Morgan fingerprint density at radius 1 is 1.48 bits per heavy atom. The van der Waals surface area contributed by atoms with Gasteiger partial charge in [-0.1, -0.05) is 30.7 Å². The highest BCUT2D eigenvalue weighted by atomic mass is 35.5. The van der Waals surface area contributed by atoms with Crippen molar-refractivity contribution >= 4 is 28.9 Å². The molecule has 2 saturated heterocycles. The van der Waals surface area contributed by atoms with Crippen LogP contribution in [0.3, 0.4) is 0 Å². The molecule has 1 aromatic carbocycles. The Hall–Kier alpha value is -1.89. The van der Waals surface area contributed by atoms with Gasteiger partial charge in [-0.2, -0.15) is 0 Å². The number of benzene rings is 1. The van der Waals surface area contributed by atoms with Crippen molar-refractivity contribution in [2.24, 2.45) is 5.73 Å². The van der Waals surface area contributed by atoms with E-state index in [9.17, 15) is 4.79 Å². The fourth-order valence-electron chi connectivity index (χ4n) is 2.62. The molecule has 6 nitrogen and oxygen atoms in total. The Labute approximate surface area is 139 Å². The highest BCUT2D eigenvalue weighted by Crippen LogP contribution is 2.39. The summed E-state index contributed by atoms with van der Waals surface area (Å²) < 4.78 is 5.73. The fraction of sp³-hybridized carbons (Fsp3) is 0.375. The van der Waals surface area contributed by atoms with Gasteiger partial charge in [0.1, 0.15) is 11.8 Å². The lowest BCUT2D eigenvalue weighted by Gasteiger charge is -2.53. The minimum atomic E-state index is -0.584. The van der Waals surface area contributed by atoms with Gasteiger partial charge in [-0.25, -0.2) is 0 Å². The summed E-state index contributed by atoms with van der Waals surface area (Å²) in [6.45, 7) is 2.73. The van der Waals surface area contributed by atoms with Crippen molar-refractivity contribution in [3.63, 3.8) is 0 Å². The number of amides is 1. The molecule has 122 valence electrons. The quantitative estimate of drug-likeness (QED) is 0.618. The van der Waals surface area contributed by atoms with Gasteiger partial charge < -0.3 is 21.1 Å². The van der Waals surface area contributed by atoms with E-state index in [0.29, 0.717) is 30.0 Å². The van der Waals surface area contributed by atoms with E-state index >= 15 is 0 Å². The number of hydrogen-bond acceptors (Lipinski definition) is 5. The summed E-state index contributed by atoms with van der Waals surface area (Å²) in [5, 5.41) is 13.7. The molecule has 1 aromatic rings. The Morgan fingerprint density at radius 2 is 2.17 bits per heavy atom. The number of morpholine rings is 1. The molecule has 2 fully saturated rings. The lowest BCUT2D eigenvalue weighted by Crippen LogP contribution is -2.69. The monoisotopic (exact) mass is 334 g/mol. The van der Waals surface area contributed by atoms with E-state index in [0.717, 1.165) is 12.1 Å². The smallest absolute Gasteiger partial charge is 0.275 e. The molecule has 0 aliphatic carbocycles. The van der Waals surface area contributed by atoms with Gasteiger partial charge in [-0.3, -0.25) is 10.2 Å². The molecule has 0 spiro atoms. The van der Waals surface area contributed by atoms with Crippen molar-refractivity contribution in [2.45, 2.75) is 31.6 Å². The summed E-state index contributed by atoms with van der Waals surface area (Å²) in [6, 6.07) is 7.81. The first-order valence-electron chi connectivity index (χ1n) is 7.54. The first-order valence-corrected chi connectivity index (χ1v) is 7.92. The van der Waals surface area contributed by atoms with Crippen LogP contribution in [0.2, 0.25) is 0 Å².